The first-order valence-corrected chi connectivity index (χ1v) is 10.1. The molecule has 1 heterocycles. The van der Waals surface area contributed by atoms with Crippen LogP contribution in [0.2, 0.25) is 0 Å². The van der Waals surface area contributed by atoms with E-state index in [1.54, 1.807) is 24.4 Å². The Kier molecular flexibility index (Phi) is 6.41. The molecule has 2 N–H and O–H groups in total. The summed E-state index contributed by atoms with van der Waals surface area (Å²) in [5, 5.41) is 4.98. The van der Waals surface area contributed by atoms with Gasteiger partial charge in [0.15, 0.2) is 11.6 Å². The van der Waals surface area contributed by atoms with Gasteiger partial charge in [0, 0.05) is 30.1 Å². The zero-order valence-electron chi connectivity index (χ0n) is 18.0. The summed E-state index contributed by atoms with van der Waals surface area (Å²) in [6.07, 6.45) is 1.72. The van der Waals surface area contributed by atoms with Crippen molar-refractivity contribution in [3.63, 3.8) is 0 Å². The van der Waals surface area contributed by atoms with E-state index in [9.17, 15) is 13.6 Å². The predicted octanol–water partition coefficient (Wildman–Crippen LogP) is 5.41. The van der Waals surface area contributed by atoms with Gasteiger partial charge in [0.25, 0.3) is 0 Å². The van der Waals surface area contributed by atoms with Gasteiger partial charge >= 0.3 is 6.03 Å². The van der Waals surface area contributed by atoms with Crippen LogP contribution in [-0.4, -0.2) is 35.0 Å². The Labute approximate surface area is 189 Å². The van der Waals surface area contributed by atoms with Crippen molar-refractivity contribution in [2.45, 2.75) is 6.54 Å². The summed E-state index contributed by atoms with van der Waals surface area (Å²) in [6.45, 7) is 0.643. The minimum Gasteiger partial charge on any atom is -0.454 e. The normalized spacial score (nSPS) is 10.9. The van der Waals surface area contributed by atoms with E-state index in [4.69, 9.17) is 4.74 Å². The third-order valence-corrected chi connectivity index (χ3v) is 4.54. The molecule has 33 heavy (non-hydrogen) atoms. The SMILES string of the molecule is CN(C)Cc1cnc2ccc(Oc3ccc(NC(=O)Nc4cccc(F)c4)cc3F)cc2n1. The maximum Gasteiger partial charge on any atom is 0.323 e. The highest BCUT2D eigenvalue weighted by atomic mass is 19.1. The third-order valence-electron chi connectivity index (χ3n) is 4.54. The lowest BCUT2D eigenvalue weighted by Crippen LogP contribution is -2.19. The van der Waals surface area contributed by atoms with Crippen molar-refractivity contribution >= 4 is 28.4 Å². The molecule has 0 spiro atoms. The molecule has 0 fully saturated rings. The molecule has 0 aliphatic carbocycles. The highest BCUT2D eigenvalue weighted by molar-refractivity contribution is 5.99. The van der Waals surface area contributed by atoms with Crippen LogP contribution < -0.4 is 15.4 Å². The minimum absolute atomic E-state index is 0.0113. The van der Waals surface area contributed by atoms with Crippen molar-refractivity contribution in [1.29, 1.82) is 0 Å². The average Bonchev–Trinajstić information content (AvgIpc) is 2.75. The van der Waals surface area contributed by atoms with Crippen LogP contribution in [-0.2, 0) is 6.54 Å². The van der Waals surface area contributed by atoms with Crippen LogP contribution in [0.25, 0.3) is 11.0 Å². The number of anilines is 2. The van der Waals surface area contributed by atoms with Gasteiger partial charge in [-0.1, -0.05) is 6.07 Å². The highest BCUT2D eigenvalue weighted by Gasteiger charge is 2.10. The molecule has 168 valence electrons. The smallest absolute Gasteiger partial charge is 0.323 e. The topological polar surface area (TPSA) is 79.4 Å². The second kappa shape index (κ2) is 9.58. The van der Waals surface area contributed by atoms with E-state index in [1.165, 1.54) is 36.4 Å². The minimum atomic E-state index is -0.661. The summed E-state index contributed by atoms with van der Waals surface area (Å²) in [5.41, 5.74) is 2.64. The van der Waals surface area contributed by atoms with Gasteiger partial charge < -0.3 is 20.3 Å². The number of carbonyl (C=O) groups excluding carboxylic acids is 1. The van der Waals surface area contributed by atoms with Gasteiger partial charge in [-0.05, 0) is 56.6 Å². The molecule has 0 saturated carbocycles. The number of nitrogens with zero attached hydrogens (tertiary/aromatic N) is 3. The van der Waals surface area contributed by atoms with Crippen LogP contribution in [0.5, 0.6) is 11.5 Å². The Morgan fingerprint density at radius 3 is 2.48 bits per heavy atom. The number of hydrogen-bond donors (Lipinski definition) is 2. The van der Waals surface area contributed by atoms with E-state index >= 15 is 0 Å². The number of rotatable bonds is 6. The molecule has 9 heteroatoms. The summed E-state index contributed by atoms with van der Waals surface area (Å²) >= 11 is 0. The lowest BCUT2D eigenvalue weighted by molar-refractivity contribution is 0.262. The van der Waals surface area contributed by atoms with Gasteiger partial charge in [-0.15, -0.1) is 0 Å². The molecule has 0 aliphatic rings. The number of fused-ring (bicyclic) bond motifs is 1. The molecule has 0 unspecified atom stereocenters. The Morgan fingerprint density at radius 2 is 1.76 bits per heavy atom. The van der Waals surface area contributed by atoms with Crippen molar-refractivity contribution in [1.82, 2.24) is 14.9 Å². The largest absolute Gasteiger partial charge is 0.454 e. The molecule has 0 bridgehead atoms. The molecule has 0 aliphatic heterocycles. The lowest BCUT2D eigenvalue weighted by atomic mass is 10.2. The van der Waals surface area contributed by atoms with Gasteiger partial charge in [0.2, 0.25) is 0 Å². The van der Waals surface area contributed by atoms with Crippen molar-refractivity contribution in [3.05, 3.63) is 84.2 Å². The molecule has 0 atom stereocenters. The second-order valence-corrected chi connectivity index (χ2v) is 7.59. The third kappa shape index (κ3) is 5.78. The maximum atomic E-state index is 14.6. The first kappa shape index (κ1) is 22.1. The van der Waals surface area contributed by atoms with Gasteiger partial charge in [0.1, 0.15) is 11.6 Å². The van der Waals surface area contributed by atoms with Gasteiger partial charge in [-0.2, -0.15) is 0 Å². The van der Waals surface area contributed by atoms with E-state index < -0.39 is 17.7 Å². The van der Waals surface area contributed by atoms with Crippen LogP contribution in [0.4, 0.5) is 25.0 Å². The van der Waals surface area contributed by atoms with Crippen molar-refractivity contribution in [2.75, 3.05) is 24.7 Å². The van der Waals surface area contributed by atoms with E-state index in [1.807, 2.05) is 19.0 Å². The van der Waals surface area contributed by atoms with Crippen LogP contribution in [0, 0.1) is 11.6 Å². The number of nitrogens with one attached hydrogen (secondary N) is 2. The fourth-order valence-electron chi connectivity index (χ4n) is 3.14. The van der Waals surface area contributed by atoms with Crippen molar-refractivity contribution in [2.24, 2.45) is 0 Å². The summed E-state index contributed by atoms with van der Waals surface area (Å²) < 4.78 is 33.5. The van der Waals surface area contributed by atoms with Gasteiger partial charge in [0.05, 0.1) is 22.9 Å². The number of urea groups is 1. The van der Waals surface area contributed by atoms with Crippen LogP contribution >= 0.6 is 0 Å². The van der Waals surface area contributed by atoms with E-state index in [0.29, 0.717) is 23.3 Å². The zero-order valence-corrected chi connectivity index (χ0v) is 18.0. The van der Waals surface area contributed by atoms with Crippen LogP contribution in [0.1, 0.15) is 5.69 Å². The molecule has 3 aromatic carbocycles. The number of hydrogen-bond acceptors (Lipinski definition) is 5. The summed E-state index contributed by atoms with van der Waals surface area (Å²) in [7, 11) is 3.88. The quantitative estimate of drug-likeness (QED) is 0.412. The fraction of sp³-hybridized carbons (Fsp3) is 0.125. The van der Waals surface area contributed by atoms with Gasteiger partial charge in [-0.25, -0.2) is 18.6 Å². The monoisotopic (exact) mass is 449 g/mol. The Morgan fingerprint density at radius 1 is 0.970 bits per heavy atom. The standard InChI is InChI=1S/C24H21F2N5O2/c1-31(2)14-18-13-27-21-8-7-19(12-22(21)28-18)33-23-9-6-17(11-20(23)26)30-24(32)29-16-5-3-4-15(25)10-16/h3-13H,14H2,1-2H3,(H2,29,30,32). The molecule has 7 nitrogen and oxygen atoms in total. The number of carbonyl (C=O) groups is 1. The molecular formula is C24H21F2N5O2. The molecule has 2 amide bonds. The number of ether oxygens (including phenoxy) is 1. The van der Waals surface area contributed by atoms with E-state index in [2.05, 4.69) is 20.6 Å². The summed E-state index contributed by atoms with van der Waals surface area (Å²) in [5.74, 6) is -0.745. The number of amides is 2. The molecule has 1 aromatic heterocycles. The van der Waals surface area contributed by atoms with Crippen LogP contribution in [0.15, 0.2) is 66.9 Å². The lowest BCUT2D eigenvalue weighted by Gasteiger charge is -2.11. The maximum absolute atomic E-state index is 14.6. The molecular weight excluding hydrogens is 428 g/mol. The van der Waals surface area contributed by atoms with Crippen molar-refractivity contribution in [3.8, 4) is 11.5 Å². The average molecular weight is 449 g/mol. The highest BCUT2D eigenvalue weighted by Crippen LogP contribution is 2.28. The second-order valence-electron chi connectivity index (χ2n) is 7.59. The predicted molar refractivity (Wildman–Crippen MR) is 122 cm³/mol. The molecule has 4 aromatic rings. The number of aromatic nitrogens is 2. The Hall–Kier alpha value is -4.11. The van der Waals surface area contributed by atoms with Crippen molar-refractivity contribution < 1.29 is 18.3 Å². The summed E-state index contributed by atoms with van der Waals surface area (Å²) in [6, 6.07) is 14.0. The molecule has 0 saturated heterocycles. The number of halogens is 2. The van der Waals surface area contributed by atoms with E-state index in [0.717, 1.165) is 11.8 Å². The molecule has 4 rings (SSSR count). The Balaban J connectivity index is 1.45. The first-order chi connectivity index (χ1) is 15.9. The van der Waals surface area contributed by atoms with Crippen LogP contribution in [0.3, 0.4) is 0 Å². The number of benzene rings is 3. The zero-order chi connectivity index (χ0) is 23.4. The first-order valence-electron chi connectivity index (χ1n) is 10.1. The van der Waals surface area contributed by atoms with Gasteiger partial charge in [-0.3, -0.25) is 4.98 Å². The summed E-state index contributed by atoms with van der Waals surface area (Å²) in [4.78, 5) is 23.0. The fourth-order valence-corrected chi connectivity index (χ4v) is 3.14. The Bertz CT molecular complexity index is 1310. The van der Waals surface area contributed by atoms with E-state index in [-0.39, 0.29) is 17.1 Å². The molecule has 0 radical (unpaired) electrons.